The van der Waals surface area contributed by atoms with Crippen molar-refractivity contribution >= 4 is 12.0 Å². The van der Waals surface area contributed by atoms with Gasteiger partial charge in [-0.1, -0.05) is 67.0 Å². The highest BCUT2D eigenvalue weighted by Crippen LogP contribution is 2.45. The highest BCUT2D eigenvalue weighted by molar-refractivity contribution is 5.86. The first-order valence-corrected chi connectivity index (χ1v) is 11.3. The molecule has 0 aliphatic carbocycles. The second-order valence-electron chi connectivity index (χ2n) is 10.2. The van der Waals surface area contributed by atoms with Crippen LogP contribution in [0.15, 0.2) is 36.4 Å². The number of hydrogen-bond acceptors (Lipinski definition) is 3. The number of carbonyl (C=O) groups is 1. The first kappa shape index (κ1) is 25.5. The molecule has 2 rings (SSSR count). The molecule has 0 unspecified atom stereocenters. The van der Waals surface area contributed by atoms with E-state index in [0.29, 0.717) is 6.61 Å². The summed E-state index contributed by atoms with van der Waals surface area (Å²) in [4.78, 5) is 11.0. The molecule has 0 heterocycles. The minimum atomic E-state index is -0.976. The van der Waals surface area contributed by atoms with E-state index in [-0.39, 0.29) is 10.8 Å². The third-order valence-corrected chi connectivity index (χ3v) is 5.44. The van der Waals surface area contributed by atoms with Crippen LogP contribution in [0.1, 0.15) is 78.0 Å². The van der Waals surface area contributed by atoms with Crippen LogP contribution in [0.4, 0.5) is 0 Å². The smallest absolute Gasteiger partial charge is 0.328 e. The Morgan fingerprint density at radius 1 is 1.00 bits per heavy atom. The Bertz CT molecular complexity index is 972. The van der Waals surface area contributed by atoms with Crippen LogP contribution < -0.4 is 9.47 Å². The number of aliphatic carboxylic acids is 1. The van der Waals surface area contributed by atoms with Gasteiger partial charge in [0.25, 0.3) is 0 Å². The van der Waals surface area contributed by atoms with Gasteiger partial charge in [-0.2, -0.15) is 0 Å². The van der Waals surface area contributed by atoms with Crippen LogP contribution in [0.3, 0.4) is 0 Å². The highest BCUT2D eigenvalue weighted by atomic mass is 16.5. The third-order valence-electron chi connectivity index (χ3n) is 5.44. The Morgan fingerprint density at radius 3 is 2.22 bits per heavy atom. The molecule has 0 bridgehead atoms. The minimum absolute atomic E-state index is 0.0508. The molecule has 2 aromatic carbocycles. The van der Waals surface area contributed by atoms with Gasteiger partial charge in [0.2, 0.25) is 0 Å². The summed E-state index contributed by atoms with van der Waals surface area (Å²) in [6.45, 7) is 16.0. The van der Waals surface area contributed by atoms with E-state index in [2.05, 4.69) is 60.6 Å². The zero-order chi connectivity index (χ0) is 24.1. The Hall–Kier alpha value is -2.75. The summed E-state index contributed by atoms with van der Waals surface area (Å²) in [5.41, 5.74) is 4.86. The summed E-state index contributed by atoms with van der Waals surface area (Å²) in [6.07, 6.45) is 4.78. The van der Waals surface area contributed by atoms with Crippen molar-refractivity contribution in [1.29, 1.82) is 0 Å². The topological polar surface area (TPSA) is 55.8 Å². The van der Waals surface area contributed by atoms with Crippen molar-refractivity contribution in [2.24, 2.45) is 0 Å². The molecule has 0 atom stereocenters. The number of rotatable bonds is 8. The minimum Gasteiger partial charge on any atom is -0.496 e. The lowest BCUT2D eigenvalue weighted by atomic mass is 9.78. The average molecular weight is 439 g/mol. The van der Waals surface area contributed by atoms with Gasteiger partial charge in [-0.25, -0.2) is 4.79 Å². The van der Waals surface area contributed by atoms with E-state index in [9.17, 15) is 4.79 Å². The van der Waals surface area contributed by atoms with Crippen molar-refractivity contribution in [3.05, 3.63) is 53.1 Å². The maximum absolute atomic E-state index is 11.0. The summed E-state index contributed by atoms with van der Waals surface area (Å²) < 4.78 is 12.1. The predicted molar refractivity (Wildman–Crippen MR) is 133 cm³/mol. The van der Waals surface area contributed by atoms with E-state index in [4.69, 9.17) is 14.6 Å². The lowest BCUT2D eigenvalue weighted by Crippen LogP contribution is -2.19. The fourth-order valence-corrected chi connectivity index (χ4v) is 3.50. The van der Waals surface area contributed by atoms with Crippen molar-refractivity contribution in [2.45, 2.75) is 72.1 Å². The largest absolute Gasteiger partial charge is 0.496 e. The molecular formula is C28H38O4. The van der Waals surface area contributed by atoms with Crippen LogP contribution in [0.5, 0.6) is 11.5 Å². The van der Waals surface area contributed by atoms with Crippen LogP contribution >= 0.6 is 0 Å². The molecule has 1 N–H and O–H groups in total. The number of methoxy groups -OCH3 is 1. The SMILES string of the molecule is CCCCOc1c(-c2cc(/C=C/C(=O)O)ccc2OC)cc(C(C)(C)C)cc1C(C)(C)C. The van der Waals surface area contributed by atoms with Gasteiger partial charge in [-0.3, -0.25) is 0 Å². The average Bonchev–Trinajstić information content (AvgIpc) is 2.70. The van der Waals surface area contributed by atoms with Crippen molar-refractivity contribution in [2.75, 3.05) is 13.7 Å². The van der Waals surface area contributed by atoms with E-state index in [1.807, 2.05) is 18.2 Å². The van der Waals surface area contributed by atoms with Crippen molar-refractivity contribution in [3.63, 3.8) is 0 Å². The maximum atomic E-state index is 11.0. The predicted octanol–water partition coefficient (Wildman–Crippen LogP) is 7.23. The van der Waals surface area contributed by atoms with Gasteiger partial charge < -0.3 is 14.6 Å². The summed E-state index contributed by atoms with van der Waals surface area (Å²) in [6, 6.07) is 10.2. The van der Waals surface area contributed by atoms with Crippen LogP contribution in [0.2, 0.25) is 0 Å². The monoisotopic (exact) mass is 438 g/mol. The van der Waals surface area contributed by atoms with Gasteiger partial charge in [-0.15, -0.1) is 0 Å². The fraction of sp³-hybridized carbons (Fsp3) is 0.464. The molecule has 0 fully saturated rings. The highest BCUT2D eigenvalue weighted by Gasteiger charge is 2.27. The molecule has 0 amide bonds. The number of hydrogen-bond donors (Lipinski definition) is 1. The van der Waals surface area contributed by atoms with E-state index in [1.54, 1.807) is 13.2 Å². The number of carboxylic acids is 1. The first-order chi connectivity index (χ1) is 14.9. The number of unbranched alkanes of at least 4 members (excludes halogenated alkanes) is 1. The van der Waals surface area contributed by atoms with Crippen LogP contribution in [-0.2, 0) is 15.6 Å². The summed E-state index contributed by atoms with van der Waals surface area (Å²) in [7, 11) is 1.65. The zero-order valence-corrected chi connectivity index (χ0v) is 20.8. The molecule has 0 aliphatic heterocycles. The second kappa shape index (κ2) is 10.2. The quantitative estimate of drug-likeness (QED) is 0.349. The van der Waals surface area contributed by atoms with Gasteiger partial charge in [0, 0.05) is 22.8 Å². The molecule has 32 heavy (non-hydrogen) atoms. The standard InChI is InChI=1S/C28H38O4/c1-9-10-15-32-26-22(17-20(27(2,3)4)18-23(26)28(5,6)7)21-16-19(12-14-25(29)30)11-13-24(21)31-8/h11-14,16-18H,9-10,15H2,1-8H3,(H,29,30)/b14-12+. The van der Waals surface area contributed by atoms with E-state index < -0.39 is 5.97 Å². The molecule has 0 saturated heterocycles. The van der Waals surface area contributed by atoms with Crippen molar-refractivity contribution < 1.29 is 19.4 Å². The van der Waals surface area contributed by atoms with Crippen molar-refractivity contribution in [1.82, 2.24) is 0 Å². The normalized spacial score (nSPS) is 12.2. The Kier molecular flexibility index (Phi) is 8.17. The molecule has 0 saturated carbocycles. The molecule has 4 nitrogen and oxygen atoms in total. The van der Waals surface area contributed by atoms with Crippen LogP contribution in [-0.4, -0.2) is 24.8 Å². The van der Waals surface area contributed by atoms with Gasteiger partial charge in [0.05, 0.1) is 13.7 Å². The molecular weight excluding hydrogens is 400 g/mol. The van der Waals surface area contributed by atoms with Gasteiger partial charge in [0.15, 0.2) is 0 Å². The lowest BCUT2D eigenvalue weighted by molar-refractivity contribution is -0.131. The van der Waals surface area contributed by atoms with Gasteiger partial charge in [-0.05, 0) is 52.7 Å². The first-order valence-electron chi connectivity index (χ1n) is 11.3. The Balaban J connectivity index is 2.87. The molecule has 0 spiro atoms. The molecule has 2 aromatic rings. The van der Waals surface area contributed by atoms with Crippen molar-refractivity contribution in [3.8, 4) is 22.6 Å². The lowest BCUT2D eigenvalue weighted by Gasteiger charge is -2.30. The summed E-state index contributed by atoms with van der Waals surface area (Å²) in [5, 5.41) is 9.05. The second-order valence-corrected chi connectivity index (χ2v) is 10.2. The third kappa shape index (κ3) is 6.38. The van der Waals surface area contributed by atoms with Gasteiger partial charge in [0.1, 0.15) is 11.5 Å². The van der Waals surface area contributed by atoms with E-state index in [1.165, 1.54) is 5.56 Å². The van der Waals surface area contributed by atoms with E-state index >= 15 is 0 Å². The molecule has 4 heteroatoms. The summed E-state index contributed by atoms with van der Waals surface area (Å²) in [5.74, 6) is 0.621. The van der Waals surface area contributed by atoms with Crippen LogP contribution in [0, 0.1) is 0 Å². The summed E-state index contributed by atoms with van der Waals surface area (Å²) >= 11 is 0. The Morgan fingerprint density at radius 2 is 1.69 bits per heavy atom. The zero-order valence-electron chi connectivity index (χ0n) is 20.8. The van der Waals surface area contributed by atoms with Crippen LogP contribution in [0.25, 0.3) is 17.2 Å². The molecule has 0 aliphatic rings. The molecule has 0 aromatic heterocycles. The fourth-order valence-electron chi connectivity index (χ4n) is 3.50. The number of carboxylic acid groups (broad SMARTS) is 1. The van der Waals surface area contributed by atoms with E-state index in [0.717, 1.165) is 52.7 Å². The molecule has 174 valence electrons. The molecule has 0 radical (unpaired) electrons. The number of benzene rings is 2. The van der Waals surface area contributed by atoms with Gasteiger partial charge >= 0.3 is 5.97 Å². The maximum Gasteiger partial charge on any atom is 0.328 e. The number of ether oxygens (including phenoxy) is 2. The Labute approximate surface area is 193 Å².